The predicted molar refractivity (Wildman–Crippen MR) is 109 cm³/mol. The van der Waals surface area contributed by atoms with Crippen LogP contribution in [0.25, 0.3) is 0 Å². The summed E-state index contributed by atoms with van der Waals surface area (Å²) in [7, 11) is 0. The first-order valence-corrected chi connectivity index (χ1v) is 10.6. The molecule has 6 nitrogen and oxygen atoms in total. The van der Waals surface area contributed by atoms with Crippen LogP contribution >= 0.6 is 0 Å². The van der Waals surface area contributed by atoms with Gasteiger partial charge in [-0.15, -0.1) is 0 Å². The van der Waals surface area contributed by atoms with Crippen LogP contribution in [0.5, 0.6) is 5.75 Å². The lowest BCUT2D eigenvalue weighted by Gasteiger charge is -2.36. The number of amides is 1. The summed E-state index contributed by atoms with van der Waals surface area (Å²) in [4.78, 5) is 15.9. The smallest absolute Gasteiger partial charge is 0.416 e. The Morgan fingerprint density at radius 3 is 2.48 bits per heavy atom. The number of alkyl halides is 3. The van der Waals surface area contributed by atoms with Crippen molar-refractivity contribution in [3.63, 3.8) is 0 Å². The standard InChI is InChI=1S/C22H31F3N2O4/c1-20(2,3)31-19(28)27-12-9-21(29,15-27)14-26-10-7-17(8-11-26)30-18-6-4-5-16(13-18)22(23,24)25/h4-6,13,17,29H,7-12,14-15H2,1-3H3. The van der Waals surface area contributed by atoms with E-state index in [1.807, 2.05) is 0 Å². The molecule has 0 bridgehead atoms. The van der Waals surface area contributed by atoms with Gasteiger partial charge in [0.1, 0.15) is 17.5 Å². The maximum Gasteiger partial charge on any atom is 0.416 e. The Hall–Kier alpha value is -2.00. The molecule has 2 fully saturated rings. The van der Waals surface area contributed by atoms with Crippen molar-refractivity contribution in [1.82, 2.24) is 9.80 Å². The number of rotatable bonds is 4. The molecule has 174 valence electrons. The SMILES string of the molecule is CC(C)(C)OC(=O)N1CCC(O)(CN2CCC(Oc3cccc(C(F)(F)F)c3)CC2)C1. The number of halogens is 3. The van der Waals surface area contributed by atoms with E-state index in [2.05, 4.69) is 4.90 Å². The summed E-state index contributed by atoms with van der Waals surface area (Å²) in [5.41, 5.74) is -2.30. The lowest BCUT2D eigenvalue weighted by Crippen LogP contribution is -2.49. The van der Waals surface area contributed by atoms with E-state index < -0.39 is 29.0 Å². The summed E-state index contributed by atoms with van der Waals surface area (Å²) in [5, 5.41) is 10.9. The number of piperidine rings is 1. The number of ether oxygens (including phenoxy) is 2. The lowest BCUT2D eigenvalue weighted by molar-refractivity contribution is -0.137. The number of β-amino-alcohol motifs (C(OH)–C–C–N with tert-alkyl or cyclic N) is 1. The molecule has 31 heavy (non-hydrogen) atoms. The normalized spacial score (nSPS) is 23.8. The van der Waals surface area contributed by atoms with E-state index in [0.717, 1.165) is 12.1 Å². The van der Waals surface area contributed by atoms with Crippen LogP contribution in [0.2, 0.25) is 0 Å². The molecule has 1 N–H and O–H groups in total. The highest BCUT2D eigenvalue weighted by molar-refractivity contribution is 5.68. The fourth-order valence-corrected chi connectivity index (χ4v) is 4.01. The molecule has 0 saturated carbocycles. The van der Waals surface area contributed by atoms with Crippen LogP contribution in [0.15, 0.2) is 24.3 Å². The molecule has 2 saturated heterocycles. The fraction of sp³-hybridized carbons (Fsp3) is 0.682. The monoisotopic (exact) mass is 444 g/mol. The molecule has 1 amide bonds. The van der Waals surface area contributed by atoms with Crippen molar-refractivity contribution < 1.29 is 32.5 Å². The quantitative estimate of drug-likeness (QED) is 0.763. The Bertz CT molecular complexity index is 773. The zero-order chi connectivity index (χ0) is 22.9. The van der Waals surface area contributed by atoms with Gasteiger partial charge in [0.2, 0.25) is 0 Å². The van der Waals surface area contributed by atoms with Crippen molar-refractivity contribution >= 4 is 6.09 Å². The second-order valence-electron chi connectivity index (χ2n) is 9.50. The molecule has 0 spiro atoms. The van der Waals surface area contributed by atoms with Gasteiger partial charge in [-0.05, 0) is 58.2 Å². The molecule has 0 radical (unpaired) electrons. The Kier molecular flexibility index (Phi) is 6.76. The Morgan fingerprint density at radius 1 is 1.19 bits per heavy atom. The van der Waals surface area contributed by atoms with Crippen LogP contribution in [-0.4, -0.2) is 71.0 Å². The molecule has 0 aromatic heterocycles. The third kappa shape index (κ3) is 6.74. The summed E-state index contributed by atoms with van der Waals surface area (Å²) in [6, 6.07) is 4.94. The summed E-state index contributed by atoms with van der Waals surface area (Å²) in [5.74, 6) is 0.218. The minimum atomic E-state index is -4.40. The molecule has 2 aliphatic rings. The summed E-state index contributed by atoms with van der Waals surface area (Å²) in [6.07, 6.45) is -3.20. The molecule has 1 aromatic carbocycles. The van der Waals surface area contributed by atoms with Crippen LogP contribution in [0.4, 0.5) is 18.0 Å². The van der Waals surface area contributed by atoms with Gasteiger partial charge >= 0.3 is 12.3 Å². The Labute approximate surface area is 180 Å². The van der Waals surface area contributed by atoms with E-state index >= 15 is 0 Å². The van der Waals surface area contributed by atoms with Crippen LogP contribution in [0.3, 0.4) is 0 Å². The molecule has 1 aromatic rings. The maximum absolute atomic E-state index is 12.9. The Morgan fingerprint density at radius 2 is 1.87 bits per heavy atom. The molecule has 3 rings (SSSR count). The molecule has 1 unspecified atom stereocenters. The van der Waals surface area contributed by atoms with Gasteiger partial charge in [-0.3, -0.25) is 0 Å². The minimum absolute atomic E-state index is 0.170. The molecular weight excluding hydrogens is 413 g/mol. The highest BCUT2D eigenvalue weighted by Crippen LogP contribution is 2.32. The van der Waals surface area contributed by atoms with Gasteiger partial charge in [-0.2, -0.15) is 13.2 Å². The molecule has 9 heteroatoms. The van der Waals surface area contributed by atoms with Gasteiger partial charge in [0.05, 0.1) is 17.7 Å². The van der Waals surface area contributed by atoms with E-state index in [1.54, 1.807) is 20.8 Å². The van der Waals surface area contributed by atoms with Crippen molar-refractivity contribution in [2.24, 2.45) is 0 Å². The average molecular weight is 444 g/mol. The second-order valence-corrected chi connectivity index (χ2v) is 9.50. The topological polar surface area (TPSA) is 62.2 Å². The van der Waals surface area contributed by atoms with Crippen LogP contribution < -0.4 is 4.74 Å². The predicted octanol–water partition coefficient (Wildman–Crippen LogP) is 3.92. The van der Waals surface area contributed by atoms with Crippen LogP contribution in [0.1, 0.15) is 45.6 Å². The van der Waals surface area contributed by atoms with Gasteiger partial charge in [-0.25, -0.2) is 4.79 Å². The zero-order valence-corrected chi connectivity index (χ0v) is 18.2. The van der Waals surface area contributed by atoms with E-state index in [0.29, 0.717) is 45.4 Å². The van der Waals surface area contributed by atoms with Gasteiger partial charge in [-0.1, -0.05) is 6.07 Å². The van der Waals surface area contributed by atoms with E-state index in [4.69, 9.17) is 9.47 Å². The van der Waals surface area contributed by atoms with Crippen LogP contribution in [0, 0.1) is 0 Å². The van der Waals surface area contributed by atoms with E-state index in [-0.39, 0.29) is 18.4 Å². The number of aliphatic hydroxyl groups is 1. The average Bonchev–Trinajstić information content (AvgIpc) is 3.04. The van der Waals surface area contributed by atoms with Gasteiger partial charge in [0.25, 0.3) is 0 Å². The number of likely N-dealkylation sites (tertiary alicyclic amines) is 2. The first kappa shape index (κ1) is 23.7. The van der Waals surface area contributed by atoms with Crippen molar-refractivity contribution in [3.05, 3.63) is 29.8 Å². The second kappa shape index (κ2) is 8.86. The number of carbonyl (C=O) groups is 1. The first-order valence-electron chi connectivity index (χ1n) is 10.6. The summed E-state index contributed by atoms with van der Waals surface area (Å²) < 4.78 is 49.8. The number of hydrogen-bond acceptors (Lipinski definition) is 5. The molecular formula is C22H31F3N2O4. The summed E-state index contributed by atoms with van der Waals surface area (Å²) >= 11 is 0. The third-order valence-corrected chi connectivity index (χ3v) is 5.50. The van der Waals surface area contributed by atoms with Crippen molar-refractivity contribution in [1.29, 1.82) is 0 Å². The Balaban J connectivity index is 1.47. The largest absolute Gasteiger partial charge is 0.490 e. The summed E-state index contributed by atoms with van der Waals surface area (Å²) in [6.45, 7) is 7.85. The molecule has 0 aliphatic carbocycles. The molecule has 2 heterocycles. The van der Waals surface area contributed by atoms with Gasteiger partial charge in [0.15, 0.2) is 0 Å². The van der Waals surface area contributed by atoms with Crippen molar-refractivity contribution in [2.45, 2.75) is 63.5 Å². The number of nitrogens with zero attached hydrogens (tertiary/aromatic N) is 2. The first-order chi connectivity index (χ1) is 14.3. The third-order valence-electron chi connectivity index (χ3n) is 5.50. The van der Waals surface area contributed by atoms with E-state index in [9.17, 15) is 23.1 Å². The highest BCUT2D eigenvalue weighted by Gasteiger charge is 2.41. The minimum Gasteiger partial charge on any atom is -0.490 e. The molecule has 1 atom stereocenters. The van der Waals surface area contributed by atoms with Crippen molar-refractivity contribution in [3.8, 4) is 5.75 Å². The number of carbonyl (C=O) groups excluding carboxylic acids is 1. The number of benzene rings is 1. The molecule has 2 aliphatic heterocycles. The lowest BCUT2D eigenvalue weighted by atomic mass is 10.00. The number of hydrogen-bond donors (Lipinski definition) is 1. The van der Waals surface area contributed by atoms with Crippen molar-refractivity contribution in [2.75, 3.05) is 32.7 Å². The fourth-order valence-electron chi connectivity index (χ4n) is 4.01. The van der Waals surface area contributed by atoms with Gasteiger partial charge < -0.3 is 24.4 Å². The zero-order valence-electron chi connectivity index (χ0n) is 18.2. The van der Waals surface area contributed by atoms with Gasteiger partial charge in [0, 0.05) is 26.2 Å². The van der Waals surface area contributed by atoms with Crippen LogP contribution in [-0.2, 0) is 10.9 Å². The maximum atomic E-state index is 12.9. The highest BCUT2D eigenvalue weighted by atomic mass is 19.4. The van der Waals surface area contributed by atoms with E-state index in [1.165, 1.54) is 17.0 Å².